The minimum atomic E-state index is -2.60. The molecule has 0 spiro atoms. The Labute approximate surface area is 251 Å². The zero-order chi connectivity index (χ0) is 31.2. The van der Waals surface area contributed by atoms with Crippen LogP contribution in [0.2, 0.25) is 0 Å². The number of rotatable bonds is 8. The van der Waals surface area contributed by atoms with Gasteiger partial charge in [0.05, 0.1) is 34.6 Å². The summed E-state index contributed by atoms with van der Waals surface area (Å²) in [4.78, 5) is 19.8. The van der Waals surface area contributed by atoms with Crippen molar-refractivity contribution in [1.82, 2.24) is 25.0 Å². The third-order valence-electron chi connectivity index (χ3n) is 7.91. The Morgan fingerprint density at radius 2 is 1.86 bits per heavy atom. The van der Waals surface area contributed by atoms with Crippen LogP contribution in [0.25, 0.3) is 21.7 Å². The molecule has 0 radical (unpaired) electrons. The fourth-order valence-electron chi connectivity index (χ4n) is 5.38. The van der Waals surface area contributed by atoms with Crippen LogP contribution < -0.4 is 16.2 Å². The molecule has 6 rings (SSSR count). The third kappa shape index (κ3) is 5.09. The maximum atomic E-state index is 14.0. The number of hydrogen-bond acceptors (Lipinski definition) is 8. The summed E-state index contributed by atoms with van der Waals surface area (Å²) >= 11 is 0. The number of pyridine rings is 2. The van der Waals surface area contributed by atoms with E-state index >= 15 is 0 Å². The van der Waals surface area contributed by atoms with E-state index in [4.69, 9.17) is 0 Å². The van der Waals surface area contributed by atoms with Crippen molar-refractivity contribution in [1.29, 1.82) is 10.5 Å². The van der Waals surface area contributed by atoms with Crippen LogP contribution in [-0.4, -0.2) is 37.9 Å². The molecule has 3 heterocycles. The van der Waals surface area contributed by atoms with E-state index < -0.39 is 18.0 Å². The van der Waals surface area contributed by atoms with Gasteiger partial charge in [-0.2, -0.15) is 10.5 Å². The molecular formula is C32H29F2N9O. The summed E-state index contributed by atoms with van der Waals surface area (Å²) in [5.74, 6) is 0. The third-order valence-corrected chi connectivity index (χ3v) is 7.91. The van der Waals surface area contributed by atoms with Gasteiger partial charge < -0.3 is 15.6 Å². The van der Waals surface area contributed by atoms with E-state index in [0.29, 0.717) is 69.3 Å². The number of hydrogen-bond donors (Lipinski definition) is 3. The first-order chi connectivity index (χ1) is 21.0. The van der Waals surface area contributed by atoms with Crippen LogP contribution >= 0.6 is 0 Å². The second kappa shape index (κ2) is 10.7. The monoisotopic (exact) mass is 593 g/mol. The number of benzene rings is 2. The van der Waals surface area contributed by atoms with Gasteiger partial charge in [0.1, 0.15) is 23.4 Å². The Morgan fingerprint density at radius 1 is 1.09 bits per heavy atom. The summed E-state index contributed by atoms with van der Waals surface area (Å²) in [5, 5.41) is 36.8. The number of aromatic nitrogens is 5. The minimum absolute atomic E-state index is 0.101. The lowest BCUT2D eigenvalue weighted by atomic mass is 9.96. The number of halogens is 2. The van der Waals surface area contributed by atoms with E-state index in [1.165, 1.54) is 17.1 Å². The molecule has 0 amide bonds. The average molecular weight is 594 g/mol. The van der Waals surface area contributed by atoms with Gasteiger partial charge in [-0.15, -0.1) is 5.10 Å². The highest BCUT2D eigenvalue weighted by Crippen LogP contribution is 2.48. The summed E-state index contributed by atoms with van der Waals surface area (Å²) < 4.78 is 29.1. The predicted molar refractivity (Wildman–Crippen MR) is 162 cm³/mol. The number of anilines is 2. The number of nitriles is 2. The number of fused-ring (bicyclic) bond motifs is 2. The van der Waals surface area contributed by atoms with Gasteiger partial charge in [0.25, 0.3) is 12.0 Å². The number of aromatic amines is 1. The molecule has 1 saturated carbocycles. The second-order valence-corrected chi connectivity index (χ2v) is 12.3. The second-order valence-electron chi connectivity index (χ2n) is 12.3. The molecule has 44 heavy (non-hydrogen) atoms. The molecule has 0 saturated heterocycles. The molecule has 1 fully saturated rings. The Balaban J connectivity index is 1.52. The Kier molecular flexibility index (Phi) is 7.01. The molecule has 0 aliphatic heterocycles. The summed E-state index contributed by atoms with van der Waals surface area (Å²) in [6, 6.07) is 14.1. The van der Waals surface area contributed by atoms with Crippen molar-refractivity contribution in [3.8, 4) is 12.1 Å². The van der Waals surface area contributed by atoms with Crippen LogP contribution in [-0.2, 0) is 5.54 Å². The van der Waals surface area contributed by atoms with Gasteiger partial charge in [-0.05, 0) is 53.5 Å². The summed E-state index contributed by atoms with van der Waals surface area (Å²) in [6.45, 7) is 6.75. The first-order valence-electron chi connectivity index (χ1n) is 14.1. The largest absolute Gasteiger partial charge is 0.383 e. The van der Waals surface area contributed by atoms with Crippen molar-refractivity contribution in [2.45, 2.75) is 51.6 Å². The SMILES string of the molecule is CC(C)(C)CNc1c(C#N)cnc2c(C#N)cc(N[C@H](c3cn(C4(C(F)F)CC4)nn3)c3cccc4c(=O)[nH]ccc34)cc12. The molecule has 222 valence electrons. The predicted octanol–water partition coefficient (Wildman–Crippen LogP) is 5.82. The summed E-state index contributed by atoms with van der Waals surface area (Å²) in [6.07, 6.45) is 2.50. The number of nitrogens with zero attached hydrogens (tertiary/aromatic N) is 6. The minimum Gasteiger partial charge on any atom is -0.383 e. The molecule has 1 atom stereocenters. The van der Waals surface area contributed by atoms with E-state index in [0.717, 1.165) is 0 Å². The molecule has 3 N–H and O–H groups in total. The van der Waals surface area contributed by atoms with Crippen molar-refractivity contribution < 1.29 is 8.78 Å². The van der Waals surface area contributed by atoms with Gasteiger partial charge in [-0.3, -0.25) is 9.78 Å². The molecule has 0 bridgehead atoms. The van der Waals surface area contributed by atoms with Gasteiger partial charge in [-0.25, -0.2) is 13.5 Å². The Bertz CT molecular complexity index is 2040. The lowest BCUT2D eigenvalue weighted by Crippen LogP contribution is -2.26. The van der Waals surface area contributed by atoms with E-state index in [1.54, 1.807) is 36.5 Å². The maximum absolute atomic E-state index is 14.0. The molecule has 12 heteroatoms. The van der Waals surface area contributed by atoms with Crippen molar-refractivity contribution in [3.05, 3.63) is 87.7 Å². The topological polar surface area (TPSA) is 148 Å². The van der Waals surface area contributed by atoms with Gasteiger partial charge >= 0.3 is 0 Å². The molecule has 2 aromatic carbocycles. The van der Waals surface area contributed by atoms with E-state index in [9.17, 15) is 24.1 Å². The lowest BCUT2D eigenvalue weighted by Gasteiger charge is -2.23. The van der Waals surface area contributed by atoms with Crippen LogP contribution in [0.3, 0.4) is 0 Å². The first-order valence-corrected chi connectivity index (χ1v) is 14.1. The van der Waals surface area contributed by atoms with Crippen molar-refractivity contribution in [2.24, 2.45) is 5.41 Å². The van der Waals surface area contributed by atoms with Crippen molar-refractivity contribution in [2.75, 3.05) is 17.2 Å². The average Bonchev–Trinajstić information content (AvgIpc) is 3.68. The summed E-state index contributed by atoms with van der Waals surface area (Å²) in [7, 11) is 0. The molecule has 5 aromatic rings. The van der Waals surface area contributed by atoms with E-state index in [-0.39, 0.29) is 16.5 Å². The standard InChI is InChI=1S/C32H29F2N9O/c1-31(2,3)17-39-27-19(14-36)15-38-26-18(13-35)11-20(12-24(26)27)40-28(22-5-4-6-23-21(22)7-10-37-29(23)44)25-16-43(42-41-25)32(8-9-32)30(33)34/h4-7,10-12,15-16,28,30,40H,8-9,17H2,1-3H3,(H,37,44)(H,38,39)/t28-/m0/s1. The fraction of sp³-hybridized carbons (Fsp3) is 0.312. The molecule has 1 aliphatic carbocycles. The zero-order valence-corrected chi connectivity index (χ0v) is 24.3. The molecule has 3 aromatic heterocycles. The lowest BCUT2D eigenvalue weighted by molar-refractivity contribution is 0.0593. The van der Waals surface area contributed by atoms with Crippen LogP contribution in [0.1, 0.15) is 62.0 Å². The van der Waals surface area contributed by atoms with Crippen molar-refractivity contribution in [3.63, 3.8) is 0 Å². The Hall–Kier alpha value is -5.36. The smallest absolute Gasteiger partial charge is 0.263 e. The van der Waals surface area contributed by atoms with Crippen molar-refractivity contribution >= 4 is 33.1 Å². The van der Waals surface area contributed by atoms with Crippen LogP contribution in [0.4, 0.5) is 20.2 Å². The van der Waals surface area contributed by atoms with Gasteiger partial charge in [0, 0.05) is 35.4 Å². The van der Waals surface area contributed by atoms with E-state index in [2.05, 4.69) is 63.8 Å². The zero-order valence-electron chi connectivity index (χ0n) is 24.3. The van der Waals surface area contributed by atoms with Crippen LogP contribution in [0.15, 0.2) is 59.8 Å². The van der Waals surface area contributed by atoms with Gasteiger partial charge in [-0.1, -0.05) is 38.1 Å². The highest BCUT2D eigenvalue weighted by Gasteiger charge is 2.54. The number of alkyl halides is 2. The quantitative estimate of drug-likeness (QED) is 0.204. The maximum Gasteiger partial charge on any atom is 0.263 e. The number of H-pyrrole nitrogens is 1. The van der Waals surface area contributed by atoms with Crippen LogP contribution in [0.5, 0.6) is 0 Å². The molecular weight excluding hydrogens is 564 g/mol. The Morgan fingerprint density at radius 3 is 2.55 bits per heavy atom. The molecule has 10 nitrogen and oxygen atoms in total. The number of nitrogens with one attached hydrogen (secondary N) is 3. The normalized spacial score (nSPS) is 14.7. The highest BCUT2D eigenvalue weighted by atomic mass is 19.3. The van der Waals surface area contributed by atoms with Gasteiger partial charge in [0.15, 0.2) is 0 Å². The van der Waals surface area contributed by atoms with Crippen LogP contribution in [0, 0.1) is 28.1 Å². The summed E-state index contributed by atoms with van der Waals surface area (Å²) in [5.41, 5.74) is 1.36. The first kappa shape index (κ1) is 28.7. The fourth-order valence-corrected chi connectivity index (χ4v) is 5.38. The molecule has 1 aliphatic rings. The van der Waals surface area contributed by atoms with Gasteiger partial charge in [0.2, 0.25) is 0 Å². The highest BCUT2D eigenvalue weighted by molar-refractivity contribution is 5.99. The molecule has 0 unspecified atom stereocenters. The van der Waals surface area contributed by atoms with E-state index in [1.807, 2.05) is 6.07 Å².